The second-order valence-corrected chi connectivity index (χ2v) is 7.28. The van der Waals surface area contributed by atoms with Crippen LogP contribution in [0.15, 0.2) is 0 Å². The quantitative estimate of drug-likeness (QED) is 0.801. The summed E-state index contributed by atoms with van der Waals surface area (Å²) >= 11 is 1.98. The van der Waals surface area contributed by atoms with Crippen LogP contribution >= 0.6 is 11.8 Å². The van der Waals surface area contributed by atoms with E-state index >= 15 is 0 Å². The van der Waals surface area contributed by atoms with Crippen molar-refractivity contribution in [3.8, 4) is 0 Å². The van der Waals surface area contributed by atoms with E-state index < -0.39 is 0 Å². The number of rotatable bonds is 6. The van der Waals surface area contributed by atoms with E-state index in [1.807, 2.05) is 11.8 Å². The van der Waals surface area contributed by atoms with Gasteiger partial charge in [0.15, 0.2) is 0 Å². The molecular weight excluding hydrogens is 254 g/mol. The predicted molar refractivity (Wildman–Crippen MR) is 85.0 cm³/mol. The van der Waals surface area contributed by atoms with Crippen LogP contribution in [0.25, 0.3) is 0 Å². The number of ether oxygens (including phenoxy) is 1. The number of hydrogen-bond acceptors (Lipinski definition) is 3. The van der Waals surface area contributed by atoms with Gasteiger partial charge in [0.05, 0.1) is 5.60 Å². The minimum atomic E-state index is 0.258. The minimum absolute atomic E-state index is 0.258. The summed E-state index contributed by atoms with van der Waals surface area (Å²) in [6.45, 7) is 4.33. The Hall–Kier alpha value is 0.270. The molecule has 0 bridgehead atoms. The van der Waals surface area contributed by atoms with Gasteiger partial charge in [-0.15, -0.1) is 0 Å². The molecule has 1 aliphatic carbocycles. The zero-order valence-corrected chi connectivity index (χ0v) is 13.6. The molecule has 1 N–H and O–H groups in total. The summed E-state index contributed by atoms with van der Waals surface area (Å²) < 4.78 is 6.24. The number of nitrogens with one attached hydrogen (secondary N) is 1. The third-order valence-electron chi connectivity index (χ3n) is 4.96. The lowest BCUT2D eigenvalue weighted by Gasteiger charge is -2.45. The fourth-order valence-corrected chi connectivity index (χ4v) is 4.45. The average Bonchev–Trinajstić information content (AvgIpc) is 2.44. The van der Waals surface area contributed by atoms with Gasteiger partial charge in [-0.3, -0.25) is 0 Å². The van der Waals surface area contributed by atoms with Gasteiger partial charge in [0.1, 0.15) is 0 Å². The molecular formula is C16H31NOS. The molecule has 1 spiro atoms. The Morgan fingerprint density at radius 3 is 2.79 bits per heavy atom. The van der Waals surface area contributed by atoms with Crippen molar-refractivity contribution in [2.24, 2.45) is 5.92 Å². The van der Waals surface area contributed by atoms with E-state index in [1.54, 1.807) is 0 Å². The van der Waals surface area contributed by atoms with Crippen LogP contribution < -0.4 is 5.32 Å². The summed E-state index contributed by atoms with van der Waals surface area (Å²) in [6.07, 6.45) is 12.9. The van der Waals surface area contributed by atoms with E-state index in [-0.39, 0.29) is 5.60 Å². The van der Waals surface area contributed by atoms with E-state index in [4.69, 9.17) is 4.74 Å². The standard InChI is InChI=1S/C16H31NOS/c1-3-17-15(8-12-19-2)14-7-11-18-16(13-14)9-5-4-6-10-16/h14-15,17H,3-13H2,1-2H3. The highest BCUT2D eigenvalue weighted by molar-refractivity contribution is 7.98. The molecule has 0 aromatic rings. The van der Waals surface area contributed by atoms with Gasteiger partial charge in [-0.2, -0.15) is 11.8 Å². The zero-order valence-electron chi connectivity index (χ0n) is 12.7. The molecule has 1 aliphatic heterocycles. The number of hydrogen-bond donors (Lipinski definition) is 1. The first-order valence-electron chi connectivity index (χ1n) is 8.16. The van der Waals surface area contributed by atoms with Gasteiger partial charge in [0.2, 0.25) is 0 Å². The molecule has 0 amide bonds. The second kappa shape index (κ2) is 7.90. The van der Waals surface area contributed by atoms with Crippen molar-refractivity contribution in [1.82, 2.24) is 5.32 Å². The molecule has 1 saturated heterocycles. The second-order valence-electron chi connectivity index (χ2n) is 6.29. The highest BCUT2D eigenvalue weighted by Gasteiger charge is 2.40. The van der Waals surface area contributed by atoms with E-state index in [9.17, 15) is 0 Å². The van der Waals surface area contributed by atoms with Crippen molar-refractivity contribution in [2.45, 2.75) is 69.9 Å². The Morgan fingerprint density at radius 2 is 2.11 bits per heavy atom. The first-order valence-corrected chi connectivity index (χ1v) is 9.55. The maximum atomic E-state index is 6.24. The molecule has 0 aromatic carbocycles. The Labute approximate surface area is 123 Å². The van der Waals surface area contributed by atoms with Crippen molar-refractivity contribution < 1.29 is 4.74 Å². The van der Waals surface area contributed by atoms with Gasteiger partial charge >= 0.3 is 0 Å². The van der Waals surface area contributed by atoms with Crippen molar-refractivity contribution in [1.29, 1.82) is 0 Å². The third kappa shape index (κ3) is 4.37. The van der Waals surface area contributed by atoms with Crippen LogP contribution in [-0.2, 0) is 4.74 Å². The largest absolute Gasteiger partial charge is 0.375 e. The first-order chi connectivity index (χ1) is 9.29. The Bertz CT molecular complexity index is 248. The van der Waals surface area contributed by atoms with Crippen LogP contribution in [0, 0.1) is 5.92 Å². The fraction of sp³-hybridized carbons (Fsp3) is 1.00. The maximum absolute atomic E-state index is 6.24. The summed E-state index contributed by atoms with van der Waals surface area (Å²) in [6, 6.07) is 0.708. The molecule has 3 heteroatoms. The van der Waals surface area contributed by atoms with Gasteiger partial charge < -0.3 is 10.1 Å². The van der Waals surface area contributed by atoms with Crippen LogP contribution in [0.2, 0.25) is 0 Å². The monoisotopic (exact) mass is 285 g/mol. The average molecular weight is 285 g/mol. The van der Waals surface area contributed by atoms with Crippen molar-refractivity contribution in [3.05, 3.63) is 0 Å². The van der Waals surface area contributed by atoms with Crippen LogP contribution in [0.4, 0.5) is 0 Å². The third-order valence-corrected chi connectivity index (χ3v) is 5.61. The van der Waals surface area contributed by atoms with Gasteiger partial charge in [-0.1, -0.05) is 26.2 Å². The van der Waals surface area contributed by atoms with Gasteiger partial charge in [0.25, 0.3) is 0 Å². The van der Waals surface area contributed by atoms with Crippen LogP contribution in [0.3, 0.4) is 0 Å². The smallest absolute Gasteiger partial charge is 0.0685 e. The summed E-state index contributed by atoms with van der Waals surface area (Å²) in [4.78, 5) is 0. The molecule has 19 heavy (non-hydrogen) atoms. The lowest BCUT2D eigenvalue weighted by atomic mass is 9.73. The summed E-state index contributed by atoms with van der Waals surface area (Å²) in [5.41, 5.74) is 0.258. The van der Waals surface area contributed by atoms with Crippen molar-refractivity contribution in [2.75, 3.05) is 25.2 Å². The van der Waals surface area contributed by atoms with Gasteiger partial charge in [-0.05, 0) is 56.6 Å². The molecule has 2 aliphatic rings. The molecule has 2 atom stereocenters. The highest BCUT2D eigenvalue weighted by atomic mass is 32.2. The molecule has 1 saturated carbocycles. The lowest BCUT2D eigenvalue weighted by molar-refractivity contribution is -0.121. The molecule has 2 rings (SSSR count). The van der Waals surface area contributed by atoms with Crippen LogP contribution in [-0.4, -0.2) is 36.8 Å². The zero-order chi connectivity index (χ0) is 13.6. The fourth-order valence-electron chi connectivity index (χ4n) is 3.97. The molecule has 2 nitrogen and oxygen atoms in total. The van der Waals surface area contributed by atoms with Crippen LogP contribution in [0.1, 0.15) is 58.3 Å². The van der Waals surface area contributed by atoms with Crippen molar-refractivity contribution in [3.63, 3.8) is 0 Å². The predicted octanol–water partition coefficient (Wildman–Crippen LogP) is 3.85. The Kier molecular flexibility index (Phi) is 6.51. The summed E-state index contributed by atoms with van der Waals surface area (Å²) in [5.74, 6) is 2.11. The summed E-state index contributed by atoms with van der Waals surface area (Å²) in [7, 11) is 0. The summed E-state index contributed by atoms with van der Waals surface area (Å²) in [5, 5.41) is 3.74. The first kappa shape index (κ1) is 15.7. The molecule has 2 unspecified atom stereocenters. The van der Waals surface area contributed by atoms with E-state index in [1.165, 1.54) is 57.1 Å². The highest BCUT2D eigenvalue weighted by Crippen LogP contribution is 2.41. The maximum Gasteiger partial charge on any atom is 0.0685 e. The molecule has 0 radical (unpaired) electrons. The Balaban J connectivity index is 1.93. The normalized spacial score (nSPS) is 28.4. The van der Waals surface area contributed by atoms with E-state index in [0.717, 1.165) is 19.1 Å². The minimum Gasteiger partial charge on any atom is -0.375 e. The van der Waals surface area contributed by atoms with Crippen LogP contribution in [0.5, 0.6) is 0 Å². The number of thioether (sulfide) groups is 1. The van der Waals surface area contributed by atoms with E-state index in [2.05, 4.69) is 18.5 Å². The van der Waals surface area contributed by atoms with E-state index in [0.29, 0.717) is 6.04 Å². The molecule has 0 aromatic heterocycles. The topological polar surface area (TPSA) is 21.3 Å². The van der Waals surface area contributed by atoms with Gasteiger partial charge in [-0.25, -0.2) is 0 Å². The molecule has 2 fully saturated rings. The Morgan fingerprint density at radius 1 is 1.32 bits per heavy atom. The SMILES string of the molecule is CCNC(CCSC)C1CCOC2(CCCCC2)C1. The molecule has 112 valence electrons. The molecule has 1 heterocycles. The van der Waals surface area contributed by atoms with Crippen molar-refractivity contribution >= 4 is 11.8 Å². The lowest BCUT2D eigenvalue weighted by Crippen LogP contribution is -2.48. The van der Waals surface area contributed by atoms with Gasteiger partial charge in [0, 0.05) is 12.6 Å².